The number of fused-ring (bicyclic) bond motifs is 1. The molecule has 0 radical (unpaired) electrons. The highest BCUT2D eigenvalue weighted by atomic mass is 35.5. The van der Waals surface area contributed by atoms with Gasteiger partial charge in [0, 0.05) is 56.3 Å². The Morgan fingerprint density at radius 2 is 1.41 bits per heavy atom. The average Bonchev–Trinajstić information content (AvgIpc) is 3.48. The van der Waals surface area contributed by atoms with E-state index >= 15 is 0 Å². The molecule has 4 saturated heterocycles. The number of carbonyl (C=O) groups is 4. The van der Waals surface area contributed by atoms with Crippen molar-refractivity contribution in [2.45, 2.75) is 76.0 Å². The number of halogens is 1. The highest BCUT2D eigenvalue weighted by molar-refractivity contribution is 6.23. The minimum atomic E-state index is -0.954. The predicted octanol–water partition coefficient (Wildman–Crippen LogP) is 5.08. The third kappa shape index (κ3) is 9.01. The molecular formula is C46H56ClN5O7. The summed E-state index contributed by atoms with van der Waals surface area (Å²) in [5.41, 5.74) is 3.77. The van der Waals surface area contributed by atoms with Crippen LogP contribution in [0, 0.1) is 11.8 Å². The molecule has 0 aliphatic carbocycles. The van der Waals surface area contributed by atoms with E-state index in [9.17, 15) is 24.3 Å². The molecule has 4 fully saturated rings. The van der Waals surface area contributed by atoms with Crippen LogP contribution < -0.4 is 19.7 Å². The zero-order valence-electron chi connectivity index (χ0n) is 34.1. The summed E-state index contributed by atoms with van der Waals surface area (Å²) in [6, 6.07) is 21.5. The van der Waals surface area contributed by atoms with E-state index in [1.165, 1.54) is 11.1 Å². The first-order valence-electron chi connectivity index (χ1n) is 21.2. The van der Waals surface area contributed by atoms with Gasteiger partial charge in [-0.3, -0.25) is 34.3 Å². The highest BCUT2D eigenvalue weighted by Gasteiger charge is 2.45. The monoisotopic (exact) mass is 825 g/mol. The number of aliphatic hydroxyl groups excluding tert-OH is 1. The summed E-state index contributed by atoms with van der Waals surface area (Å²) in [7, 11) is 0. The van der Waals surface area contributed by atoms with Crippen molar-refractivity contribution in [2.24, 2.45) is 11.8 Å². The largest absolute Gasteiger partial charge is 0.493 e. The Balaban J connectivity index is 0.726. The molecule has 8 rings (SSSR count). The topological polar surface area (TPSA) is 132 Å². The minimum absolute atomic E-state index is 0.106. The second-order valence-corrected chi connectivity index (χ2v) is 17.9. The van der Waals surface area contributed by atoms with E-state index in [4.69, 9.17) is 21.1 Å². The number of ether oxygens (including phenoxy) is 2. The Morgan fingerprint density at radius 3 is 2.03 bits per heavy atom. The summed E-state index contributed by atoms with van der Waals surface area (Å²) in [6.45, 7) is 12.8. The molecule has 4 amide bonds. The van der Waals surface area contributed by atoms with Gasteiger partial charge in [-0.15, -0.1) is 11.6 Å². The van der Waals surface area contributed by atoms with Crippen molar-refractivity contribution >= 4 is 40.9 Å². The smallest absolute Gasteiger partial charge is 0.262 e. The Bertz CT molecular complexity index is 2000. The fourth-order valence-corrected chi connectivity index (χ4v) is 9.51. The fraction of sp³-hybridized carbons (Fsp3) is 0.522. The van der Waals surface area contributed by atoms with E-state index in [0.29, 0.717) is 34.8 Å². The summed E-state index contributed by atoms with van der Waals surface area (Å²) >= 11 is 5.67. The highest BCUT2D eigenvalue weighted by Crippen LogP contribution is 2.35. The molecule has 5 heterocycles. The predicted molar refractivity (Wildman–Crippen MR) is 225 cm³/mol. The van der Waals surface area contributed by atoms with Crippen molar-refractivity contribution < 1.29 is 33.8 Å². The van der Waals surface area contributed by atoms with Crippen molar-refractivity contribution in [2.75, 3.05) is 69.8 Å². The molecule has 0 bridgehead atoms. The summed E-state index contributed by atoms with van der Waals surface area (Å²) in [5.74, 6) is 1.13. The maximum absolute atomic E-state index is 13.3. The summed E-state index contributed by atoms with van der Waals surface area (Å²) in [6.07, 6.45) is 3.99. The number of nitrogens with zero attached hydrogens (tertiary/aromatic N) is 4. The van der Waals surface area contributed by atoms with Gasteiger partial charge in [0.1, 0.15) is 30.3 Å². The number of hydrogen-bond acceptors (Lipinski definition) is 10. The number of imide groups is 2. The molecule has 0 aromatic heterocycles. The van der Waals surface area contributed by atoms with Crippen molar-refractivity contribution in [1.29, 1.82) is 0 Å². The first kappa shape index (κ1) is 41.3. The van der Waals surface area contributed by atoms with Gasteiger partial charge in [-0.1, -0.05) is 38.1 Å². The number of alkyl halides is 1. The lowest BCUT2D eigenvalue weighted by molar-refractivity contribution is -0.136. The number of anilines is 1. The van der Waals surface area contributed by atoms with Gasteiger partial charge in [0.05, 0.1) is 23.6 Å². The van der Waals surface area contributed by atoms with Gasteiger partial charge in [-0.05, 0) is 111 Å². The van der Waals surface area contributed by atoms with E-state index in [0.717, 1.165) is 94.4 Å². The van der Waals surface area contributed by atoms with E-state index in [1.807, 2.05) is 18.2 Å². The molecule has 0 spiro atoms. The van der Waals surface area contributed by atoms with Gasteiger partial charge in [-0.25, -0.2) is 0 Å². The maximum Gasteiger partial charge on any atom is 0.262 e. The van der Waals surface area contributed by atoms with Gasteiger partial charge >= 0.3 is 0 Å². The van der Waals surface area contributed by atoms with Crippen LogP contribution >= 0.6 is 11.6 Å². The molecule has 2 N–H and O–H groups in total. The SMILES string of the molecule is CC(C)(c1ccc(OCC2CCN(CC3CN(C4CCN(c5ccc6c(c5)C(=O)N(C5CCC(=O)NC5=O)C6=O)CC4)C3)CC2)cc1)c1ccc(OC[C@H](O)CCl)cc1. The molecule has 314 valence electrons. The number of hydrogen-bond donors (Lipinski definition) is 2. The van der Waals surface area contributed by atoms with Crippen molar-refractivity contribution in [3.05, 3.63) is 89.0 Å². The van der Waals surface area contributed by atoms with E-state index < -0.39 is 29.9 Å². The molecule has 3 aromatic rings. The number of benzene rings is 3. The molecular weight excluding hydrogens is 770 g/mol. The molecule has 5 aliphatic heterocycles. The van der Waals surface area contributed by atoms with Crippen LogP contribution in [0.3, 0.4) is 0 Å². The minimum Gasteiger partial charge on any atom is -0.493 e. The fourth-order valence-electron chi connectivity index (χ4n) is 9.42. The summed E-state index contributed by atoms with van der Waals surface area (Å²) in [5, 5.41) is 11.9. The van der Waals surface area contributed by atoms with Crippen LogP contribution in [0.15, 0.2) is 66.7 Å². The zero-order valence-corrected chi connectivity index (χ0v) is 34.9. The Hall–Kier alpha value is -4.49. The number of likely N-dealkylation sites (tertiary alicyclic amines) is 2. The quantitative estimate of drug-likeness (QED) is 0.168. The van der Waals surface area contributed by atoms with Crippen LogP contribution in [0.25, 0.3) is 0 Å². The van der Waals surface area contributed by atoms with Crippen LogP contribution in [0.2, 0.25) is 0 Å². The molecule has 12 nitrogen and oxygen atoms in total. The Kier molecular flexibility index (Phi) is 12.3. The first-order chi connectivity index (χ1) is 28.5. The molecule has 5 aliphatic rings. The number of piperidine rings is 3. The van der Waals surface area contributed by atoms with Crippen LogP contribution in [0.4, 0.5) is 5.69 Å². The van der Waals surface area contributed by atoms with Crippen molar-refractivity contribution in [3.8, 4) is 11.5 Å². The second kappa shape index (κ2) is 17.6. The second-order valence-electron chi connectivity index (χ2n) is 17.6. The van der Waals surface area contributed by atoms with Crippen LogP contribution in [-0.4, -0.2) is 127 Å². The normalized spacial score (nSPS) is 22.0. The third-order valence-corrected chi connectivity index (χ3v) is 13.6. The van der Waals surface area contributed by atoms with Gasteiger partial charge in [0.15, 0.2) is 0 Å². The van der Waals surface area contributed by atoms with Gasteiger partial charge in [0.2, 0.25) is 11.8 Å². The van der Waals surface area contributed by atoms with Gasteiger partial charge in [0.25, 0.3) is 11.8 Å². The van der Waals surface area contributed by atoms with Crippen molar-refractivity contribution in [1.82, 2.24) is 20.0 Å². The van der Waals surface area contributed by atoms with Gasteiger partial charge in [-0.2, -0.15) is 0 Å². The Labute approximate surface area is 351 Å². The molecule has 1 unspecified atom stereocenters. The van der Waals surface area contributed by atoms with E-state index in [1.54, 1.807) is 12.1 Å². The zero-order chi connectivity index (χ0) is 41.3. The Morgan fingerprint density at radius 1 is 0.780 bits per heavy atom. The summed E-state index contributed by atoms with van der Waals surface area (Å²) in [4.78, 5) is 59.1. The lowest BCUT2D eigenvalue weighted by Crippen LogP contribution is -2.58. The van der Waals surface area contributed by atoms with Crippen molar-refractivity contribution in [3.63, 3.8) is 0 Å². The number of amides is 4. The molecule has 3 aromatic carbocycles. The third-order valence-electron chi connectivity index (χ3n) is 13.2. The number of rotatable bonds is 14. The number of nitrogens with one attached hydrogen (secondary N) is 1. The van der Waals surface area contributed by atoms with Gasteiger partial charge < -0.3 is 24.4 Å². The first-order valence-corrected chi connectivity index (χ1v) is 21.8. The summed E-state index contributed by atoms with van der Waals surface area (Å²) < 4.78 is 11.9. The van der Waals surface area contributed by atoms with Crippen LogP contribution in [-0.2, 0) is 15.0 Å². The molecule has 2 atom stereocenters. The number of aliphatic hydroxyl groups is 1. The maximum atomic E-state index is 13.3. The molecule has 59 heavy (non-hydrogen) atoms. The standard InChI is InChI=1S/C46H56ClN5O7/c1-46(2,33-5-10-38(11-6-33)59-29-36(53)24-47)32-3-8-37(9-4-32)58-28-30-15-19-49(20-16-30)25-31-26-51(27-31)34-17-21-50(22-18-34)35-7-12-39-40(23-35)45(57)52(44(39)56)41-13-14-42(54)48-43(41)55/h3-12,23,30-31,34,36,41,53H,13-22,24-29H2,1-2H3,(H,48,54,55)/t36-,41?/m1/s1. The lowest BCUT2D eigenvalue weighted by atomic mass is 9.78. The average molecular weight is 826 g/mol. The van der Waals surface area contributed by atoms with E-state index in [2.05, 4.69) is 70.3 Å². The van der Waals surface area contributed by atoms with Crippen LogP contribution in [0.1, 0.15) is 84.2 Å². The molecule has 13 heteroatoms. The lowest BCUT2D eigenvalue weighted by Gasteiger charge is -2.49. The number of carbonyl (C=O) groups excluding carboxylic acids is 4. The van der Waals surface area contributed by atoms with E-state index in [-0.39, 0.29) is 36.7 Å². The molecule has 0 saturated carbocycles. The van der Waals surface area contributed by atoms with Crippen LogP contribution in [0.5, 0.6) is 11.5 Å².